The maximum Gasteiger partial charge on any atom is 0.132 e. The molecule has 1 aromatic rings. The third kappa shape index (κ3) is 3.29. The highest BCUT2D eigenvalue weighted by Gasteiger charge is 2.32. The summed E-state index contributed by atoms with van der Waals surface area (Å²) in [6, 6.07) is 3.77. The van der Waals surface area contributed by atoms with Crippen LogP contribution < -0.4 is 0 Å². The van der Waals surface area contributed by atoms with E-state index in [1.54, 1.807) is 6.92 Å². The second-order valence-corrected chi connectivity index (χ2v) is 4.02. The maximum atomic E-state index is 13.6. The second-order valence-electron chi connectivity index (χ2n) is 4.02. The summed E-state index contributed by atoms with van der Waals surface area (Å²) < 4.78 is 19.1. The van der Waals surface area contributed by atoms with E-state index in [-0.39, 0.29) is 11.4 Å². The van der Waals surface area contributed by atoms with Gasteiger partial charge in [0.05, 0.1) is 12.2 Å². The summed E-state index contributed by atoms with van der Waals surface area (Å²) in [5.41, 5.74) is 2.07. The molecular formula is C15H25FO. The molecular weight excluding hydrogens is 215 g/mol. The molecule has 0 atom stereocenters. The van der Waals surface area contributed by atoms with Gasteiger partial charge in [-0.2, -0.15) is 0 Å². The van der Waals surface area contributed by atoms with Crippen molar-refractivity contribution in [1.82, 2.24) is 0 Å². The highest BCUT2D eigenvalue weighted by molar-refractivity contribution is 5.38. The average molecular weight is 240 g/mol. The zero-order chi connectivity index (χ0) is 13.6. The van der Waals surface area contributed by atoms with Crippen molar-refractivity contribution in [2.75, 3.05) is 0 Å². The molecule has 98 valence electrons. The zero-order valence-electron chi connectivity index (χ0n) is 12.1. The molecule has 2 rings (SSSR count). The first kappa shape index (κ1) is 16.1. The first-order chi connectivity index (χ1) is 8.02. The fourth-order valence-corrected chi connectivity index (χ4v) is 1.77. The molecule has 0 fully saturated rings. The highest BCUT2D eigenvalue weighted by Crippen LogP contribution is 2.37. The summed E-state index contributed by atoms with van der Waals surface area (Å²) in [7, 11) is 0. The Balaban J connectivity index is 0.000000581. The van der Waals surface area contributed by atoms with Crippen LogP contribution in [0.25, 0.3) is 0 Å². The third-order valence-corrected chi connectivity index (χ3v) is 2.66. The molecule has 2 heteroatoms. The summed E-state index contributed by atoms with van der Waals surface area (Å²) in [6.45, 7) is 14.1. The first-order valence-corrected chi connectivity index (χ1v) is 6.45. The van der Waals surface area contributed by atoms with Crippen molar-refractivity contribution < 1.29 is 9.13 Å². The summed E-state index contributed by atoms with van der Waals surface area (Å²) in [6.07, 6.45) is 0. The molecule has 1 aromatic carbocycles. The van der Waals surface area contributed by atoms with Crippen LogP contribution in [0.5, 0.6) is 0 Å². The Morgan fingerprint density at radius 2 is 1.65 bits per heavy atom. The molecule has 0 radical (unpaired) electrons. The standard InChI is InChI=1S/C11H13FO.2C2H6/c1-7-4-5-9-8(10(7)12)6-13-11(9,2)3;2*1-2/h4-5H,6H2,1-3H3;2*1-2H3. The van der Waals surface area contributed by atoms with Crippen LogP contribution in [0.2, 0.25) is 0 Å². The molecule has 1 heterocycles. The van der Waals surface area contributed by atoms with Gasteiger partial charge < -0.3 is 4.74 Å². The van der Waals surface area contributed by atoms with Crippen LogP contribution in [-0.4, -0.2) is 0 Å². The Labute approximate surface area is 105 Å². The van der Waals surface area contributed by atoms with E-state index in [2.05, 4.69) is 0 Å². The largest absolute Gasteiger partial charge is 0.366 e. The number of hydrogen-bond acceptors (Lipinski definition) is 1. The van der Waals surface area contributed by atoms with Crippen LogP contribution in [0.4, 0.5) is 4.39 Å². The number of rotatable bonds is 0. The fourth-order valence-electron chi connectivity index (χ4n) is 1.77. The van der Waals surface area contributed by atoms with E-state index in [1.807, 2.05) is 53.7 Å². The van der Waals surface area contributed by atoms with Crippen molar-refractivity contribution in [3.8, 4) is 0 Å². The molecule has 0 saturated heterocycles. The van der Waals surface area contributed by atoms with Crippen LogP contribution in [0.3, 0.4) is 0 Å². The van der Waals surface area contributed by atoms with Crippen molar-refractivity contribution in [2.45, 2.75) is 60.7 Å². The van der Waals surface area contributed by atoms with Gasteiger partial charge in [-0.1, -0.05) is 39.8 Å². The molecule has 1 aliphatic rings. The number of benzene rings is 1. The van der Waals surface area contributed by atoms with E-state index in [0.717, 1.165) is 11.1 Å². The van der Waals surface area contributed by atoms with Gasteiger partial charge in [-0.15, -0.1) is 0 Å². The van der Waals surface area contributed by atoms with Crippen molar-refractivity contribution in [1.29, 1.82) is 0 Å². The minimum Gasteiger partial charge on any atom is -0.366 e. The summed E-state index contributed by atoms with van der Waals surface area (Å²) in [5, 5.41) is 0. The average Bonchev–Trinajstić information content (AvgIpc) is 2.66. The predicted molar refractivity (Wildman–Crippen MR) is 71.6 cm³/mol. The Morgan fingerprint density at radius 3 is 2.18 bits per heavy atom. The molecule has 0 spiro atoms. The van der Waals surface area contributed by atoms with Crippen molar-refractivity contribution in [3.63, 3.8) is 0 Å². The van der Waals surface area contributed by atoms with Gasteiger partial charge in [-0.3, -0.25) is 0 Å². The van der Waals surface area contributed by atoms with Crippen LogP contribution >= 0.6 is 0 Å². The van der Waals surface area contributed by atoms with Gasteiger partial charge in [-0.25, -0.2) is 4.39 Å². The molecule has 1 aliphatic heterocycles. The minimum absolute atomic E-state index is 0.108. The van der Waals surface area contributed by atoms with Crippen molar-refractivity contribution >= 4 is 0 Å². The van der Waals surface area contributed by atoms with Crippen LogP contribution in [-0.2, 0) is 16.9 Å². The molecule has 0 aromatic heterocycles. The van der Waals surface area contributed by atoms with E-state index in [4.69, 9.17) is 4.74 Å². The molecule has 17 heavy (non-hydrogen) atoms. The molecule has 0 unspecified atom stereocenters. The lowest BCUT2D eigenvalue weighted by Gasteiger charge is -2.18. The van der Waals surface area contributed by atoms with E-state index >= 15 is 0 Å². The summed E-state index contributed by atoms with van der Waals surface area (Å²) in [4.78, 5) is 0. The molecule has 0 bridgehead atoms. The second kappa shape index (κ2) is 6.75. The van der Waals surface area contributed by atoms with E-state index in [9.17, 15) is 4.39 Å². The van der Waals surface area contributed by atoms with Gasteiger partial charge in [0.25, 0.3) is 0 Å². The van der Waals surface area contributed by atoms with E-state index < -0.39 is 0 Å². The van der Waals surface area contributed by atoms with Gasteiger partial charge in [-0.05, 0) is 31.9 Å². The topological polar surface area (TPSA) is 9.23 Å². The number of ether oxygens (including phenoxy) is 1. The molecule has 0 saturated carbocycles. The van der Waals surface area contributed by atoms with Gasteiger partial charge in [0.15, 0.2) is 0 Å². The zero-order valence-corrected chi connectivity index (χ0v) is 12.1. The van der Waals surface area contributed by atoms with E-state index in [1.165, 1.54) is 0 Å². The number of hydrogen-bond donors (Lipinski definition) is 0. The predicted octanol–water partition coefficient (Wildman–Crippen LogP) is 4.95. The maximum absolute atomic E-state index is 13.6. The Kier molecular flexibility index (Phi) is 6.40. The van der Waals surface area contributed by atoms with Crippen LogP contribution in [0.15, 0.2) is 12.1 Å². The Hall–Kier alpha value is -0.890. The van der Waals surface area contributed by atoms with Crippen LogP contribution in [0.1, 0.15) is 58.2 Å². The van der Waals surface area contributed by atoms with Gasteiger partial charge >= 0.3 is 0 Å². The van der Waals surface area contributed by atoms with E-state index in [0.29, 0.717) is 12.2 Å². The quantitative estimate of drug-likeness (QED) is 0.623. The normalized spacial score (nSPS) is 15.1. The monoisotopic (exact) mass is 240 g/mol. The highest BCUT2D eigenvalue weighted by atomic mass is 19.1. The third-order valence-electron chi connectivity index (χ3n) is 2.66. The first-order valence-electron chi connectivity index (χ1n) is 6.45. The lowest BCUT2D eigenvalue weighted by molar-refractivity contribution is -0.00828. The lowest BCUT2D eigenvalue weighted by Crippen LogP contribution is -2.14. The summed E-state index contributed by atoms with van der Waals surface area (Å²) >= 11 is 0. The Bertz CT molecular complexity index is 356. The minimum atomic E-state index is -0.329. The summed E-state index contributed by atoms with van der Waals surface area (Å²) in [5.74, 6) is -0.108. The lowest BCUT2D eigenvalue weighted by atomic mass is 9.94. The fraction of sp³-hybridized carbons (Fsp3) is 0.600. The SMILES string of the molecule is CC.CC.Cc1ccc2c(c1F)COC2(C)C. The van der Waals surface area contributed by atoms with Crippen molar-refractivity contribution in [2.24, 2.45) is 0 Å². The van der Waals surface area contributed by atoms with Crippen LogP contribution in [0, 0.1) is 12.7 Å². The molecule has 0 N–H and O–H groups in total. The number of fused-ring (bicyclic) bond motifs is 1. The van der Waals surface area contributed by atoms with Crippen molar-refractivity contribution in [3.05, 3.63) is 34.6 Å². The van der Waals surface area contributed by atoms with Gasteiger partial charge in [0.2, 0.25) is 0 Å². The van der Waals surface area contributed by atoms with Gasteiger partial charge in [0.1, 0.15) is 5.82 Å². The smallest absolute Gasteiger partial charge is 0.132 e. The van der Waals surface area contributed by atoms with Gasteiger partial charge in [0, 0.05) is 5.56 Å². The number of aryl methyl sites for hydroxylation is 1. The molecule has 0 aliphatic carbocycles. The Morgan fingerprint density at radius 1 is 1.12 bits per heavy atom. The molecule has 0 amide bonds. The number of halogens is 1. The molecule has 1 nitrogen and oxygen atoms in total.